The standard InChI is InChI=1S/C17H19N3O/c1-20-8-9-21-14(12-20)11-19-17-7-6-13(10-18)15-4-2-3-5-16(15)17/h2-7,14,19H,8-9,11-12H2,1H3. The molecule has 0 amide bonds. The van der Waals surface area contributed by atoms with Crippen molar-refractivity contribution in [3.63, 3.8) is 0 Å². The van der Waals surface area contributed by atoms with Gasteiger partial charge in [0.2, 0.25) is 0 Å². The molecule has 0 bridgehead atoms. The van der Waals surface area contributed by atoms with Crippen LogP contribution in [0.25, 0.3) is 10.8 Å². The Bertz CT molecular complexity index is 677. The molecule has 1 aliphatic rings. The van der Waals surface area contributed by atoms with Gasteiger partial charge in [-0.05, 0) is 19.2 Å². The highest BCUT2D eigenvalue weighted by Crippen LogP contribution is 2.26. The number of morpholine rings is 1. The molecular formula is C17H19N3O. The first kappa shape index (κ1) is 13.9. The molecule has 0 saturated carbocycles. The fourth-order valence-electron chi connectivity index (χ4n) is 2.76. The second-order valence-electron chi connectivity index (χ2n) is 5.45. The number of benzene rings is 2. The van der Waals surface area contributed by atoms with E-state index in [1.807, 2.05) is 36.4 Å². The van der Waals surface area contributed by atoms with Gasteiger partial charge in [-0.25, -0.2) is 0 Å². The molecule has 3 rings (SSSR count). The molecule has 1 saturated heterocycles. The minimum atomic E-state index is 0.207. The van der Waals surface area contributed by atoms with Crippen molar-refractivity contribution in [3.8, 4) is 6.07 Å². The molecule has 1 N–H and O–H groups in total. The maximum Gasteiger partial charge on any atom is 0.0998 e. The predicted molar refractivity (Wildman–Crippen MR) is 84.4 cm³/mol. The third-order valence-corrected chi connectivity index (χ3v) is 3.91. The normalized spacial score (nSPS) is 19.3. The Balaban J connectivity index is 1.80. The Morgan fingerprint density at radius 1 is 1.29 bits per heavy atom. The van der Waals surface area contributed by atoms with Crippen LogP contribution in [0, 0.1) is 11.3 Å². The van der Waals surface area contributed by atoms with E-state index in [0.717, 1.165) is 42.7 Å². The van der Waals surface area contributed by atoms with Crippen molar-refractivity contribution in [1.29, 1.82) is 5.26 Å². The lowest BCUT2D eigenvalue weighted by Gasteiger charge is -2.30. The average molecular weight is 281 g/mol. The zero-order valence-corrected chi connectivity index (χ0v) is 12.2. The lowest BCUT2D eigenvalue weighted by atomic mass is 10.0. The minimum Gasteiger partial charge on any atom is -0.382 e. The number of ether oxygens (including phenoxy) is 1. The third-order valence-electron chi connectivity index (χ3n) is 3.91. The van der Waals surface area contributed by atoms with Gasteiger partial charge in [0, 0.05) is 36.1 Å². The first-order valence-electron chi connectivity index (χ1n) is 7.24. The quantitative estimate of drug-likeness (QED) is 0.939. The molecule has 1 heterocycles. The molecule has 0 radical (unpaired) electrons. The summed E-state index contributed by atoms with van der Waals surface area (Å²) in [5, 5.41) is 14.7. The van der Waals surface area contributed by atoms with Crippen LogP contribution in [0.4, 0.5) is 5.69 Å². The van der Waals surface area contributed by atoms with Crippen molar-refractivity contribution in [1.82, 2.24) is 4.90 Å². The zero-order chi connectivity index (χ0) is 14.7. The third kappa shape index (κ3) is 2.99. The summed E-state index contributed by atoms with van der Waals surface area (Å²) in [5.74, 6) is 0. The van der Waals surface area contributed by atoms with Crippen LogP contribution in [-0.2, 0) is 4.74 Å². The molecule has 4 nitrogen and oxygen atoms in total. The van der Waals surface area contributed by atoms with Crippen LogP contribution in [0.1, 0.15) is 5.56 Å². The number of nitrogens with one attached hydrogen (secondary N) is 1. The second-order valence-corrected chi connectivity index (χ2v) is 5.45. The molecule has 1 atom stereocenters. The highest BCUT2D eigenvalue weighted by molar-refractivity contribution is 5.97. The van der Waals surface area contributed by atoms with Crippen LogP contribution >= 0.6 is 0 Å². The molecular weight excluding hydrogens is 262 g/mol. The van der Waals surface area contributed by atoms with Crippen molar-refractivity contribution in [3.05, 3.63) is 42.0 Å². The van der Waals surface area contributed by atoms with E-state index >= 15 is 0 Å². The molecule has 108 valence electrons. The van der Waals surface area contributed by atoms with Gasteiger partial charge in [0.25, 0.3) is 0 Å². The summed E-state index contributed by atoms with van der Waals surface area (Å²) >= 11 is 0. The monoisotopic (exact) mass is 281 g/mol. The van der Waals surface area contributed by atoms with Crippen LogP contribution in [0.15, 0.2) is 36.4 Å². The number of hydrogen-bond donors (Lipinski definition) is 1. The van der Waals surface area contributed by atoms with Gasteiger partial charge in [-0.15, -0.1) is 0 Å². The van der Waals surface area contributed by atoms with E-state index in [-0.39, 0.29) is 6.10 Å². The largest absolute Gasteiger partial charge is 0.382 e. The summed E-state index contributed by atoms with van der Waals surface area (Å²) < 4.78 is 5.77. The number of likely N-dealkylation sites (N-methyl/N-ethyl adjacent to an activating group) is 1. The molecule has 0 aromatic heterocycles. The summed E-state index contributed by atoms with van der Waals surface area (Å²) in [6.07, 6.45) is 0.207. The predicted octanol–water partition coefficient (Wildman–Crippen LogP) is 2.45. The van der Waals surface area contributed by atoms with E-state index in [4.69, 9.17) is 4.74 Å². The van der Waals surface area contributed by atoms with E-state index < -0.39 is 0 Å². The summed E-state index contributed by atoms with van der Waals surface area (Å²) in [6, 6.07) is 14.1. The fourth-order valence-corrected chi connectivity index (χ4v) is 2.76. The van der Waals surface area contributed by atoms with Gasteiger partial charge in [0.1, 0.15) is 0 Å². The molecule has 4 heteroatoms. The van der Waals surface area contributed by atoms with Crippen LogP contribution in [-0.4, -0.2) is 44.3 Å². The maximum absolute atomic E-state index is 9.19. The van der Waals surface area contributed by atoms with Crippen LogP contribution in [0.2, 0.25) is 0 Å². The van der Waals surface area contributed by atoms with E-state index in [0.29, 0.717) is 5.56 Å². The molecule has 21 heavy (non-hydrogen) atoms. The van der Waals surface area contributed by atoms with E-state index in [9.17, 15) is 5.26 Å². The Kier molecular flexibility index (Phi) is 4.05. The number of fused-ring (bicyclic) bond motifs is 1. The van der Waals surface area contributed by atoms with Crippen LogP contribution in [0.5, 0.6) is 0 Å². The summed E-state index contributed by atoms with van der Waals surface area (Å²) in [4.78, 5) is 2.28. The van der Waals surface area contributed by atoms with Crippen molar-refractivity contribution in [2.24, 2.45) is 0 Å². The lowest BCUT2D eigenvalue weighted by molar-refractivity contribution is -0.0117. The lowest BCUT2D eigenvalue weighted by Crippen LogP contribution is -2.43. The van der Waals surface area contributed by atoms with Crippen molar-refractivity contribution in [2.45, 2.75) is 6.10 Å². The minimum absolute atomic E-state index is 0.207. The van der Waals surface area contributed by atoms with Crippen molar-refractivity contribution in [2.75, 3.05) is 38.6 Å². The summed E-state index contributed by atoms with van der Waals surface area (Å²) in [7, 11) is 2.12. The maximum atomic E-state index is 9.19. The van der Waals surface area contributed by atoms with Gasteiger partial charge in [-0.3, -0.25) is 0 Å². The number of rotatable bonds is 3. The molecule has 0 spiro atoms. The highest BCUT2D eigenvalue weighted by atomic mass is 16.5. The summed E-state index contributed by atoms with van der Waals surface area (Å²) in [5.41, 5.74) is 1.77. The number of anilines is 1. The zero-order valence-electron chi connectivity index (χ0n) is 12.2. The first-order chi connectivity index (χ1) is 10.3. The van der Waals surface area contributed by atoms with Crippen molar-refractivity contribution >= 4 is 16.5 Å². The second kappa shape index (κ2) is 6.13. The number of nitrogens with zero attached hydrogens (tertiary/aromatic N) is 2. The Hall–Kier alpha value is -2.09. The van der Waals surface area contributed by atoms with Crippen LogP contribution in [0.3, 0.4) is 0 Å². The van der Waals surface area contributed by atoms with E-state index in [1.54, 1.807) is 0 Å². The molecule has 1 aliphatic heterocycles. The average Bonchev–Trinajstić information content (AvgIpc) is 2.52. The van der Waals surface area contributed by atoms with Crippen molar-refractivity contribution < 1.29 is 4.74 Å². The molecule has 1 unspecified atom stereocenters. The van der Waals surface area contributed by atoms with E-state index in [1.165, 1.54) is 0 Å². The van der Waals surface area contributed by atoms with Gasteiger partial charge in [0.05, 0.1) is 24.3 Å². The van der Waals surface area contributed by atoms with Gasteiger partial charge >= 0.3 is 0 Å². The topological polar surface area (TPSA) is 48.3 Å². The first-order valence-corrected chi connectivity index (χ1v) is 7.24. The van der Waals surface area contributed by atoms with Gasteiger partial charge in [0.15, 0.2) is 0 Å². The molecule has 2 aromatic carbocycles. The Morgan fingerprint density at radius 3 is 2.86 bits per heavy atom. The van der Waals surface area contributed by atoms with Crippen LogP contribution < -0.4 is 5.32 Å². The fraction of sp³-hybridized carbons (Fsp3) is 0.353. The van der Waals surface area contributed by atoms with Gasteiger partial charge in [-0.1, -0.05) is 24.3 Å². The Labute approximate surface area is 124 Å². The number of hydrogen-bond acceptors (Lipinski definition) is 4. The molecule has 0 aliphatic carbocycles. The van der Waals surface area contributed by atoms with E-state index in [2.05, 4.69) is 23.3 Å². The summed E-state index contributed by atoms with van der Waals surface area (Å²) in [6.45, 7) is 3.51. The molecule has 2 aromatic rings. The highest BCUT2D eigenvalue weighted by Gasteiger charge is 2.17. The van der Waals surface area contributed by atoms with Gasteiger partial charge in [-0.2, -0.15) is 5.26 Å². The SMILES string of the molecule is CN1CCOC(CNc2ccc(C#N)c3ccccc23)C1. The smallest absolute Gasteiger partial charge is 0.0998 e. The molecule has 1 fully saturated rings. The van der Waals surface area contributed by atoms with Gasteiger partial charge < -0.3 is 15.0 Å². The number of nitriles is 1. The Morgan fingerprint density at radius 2 is 2.10 bits per heavy atom.